The molecule has 2 N–H and O–H groups in total. The Kier molecular flexibility index (Phi) is 4.92. The minimum Gasteiger partial charge on any atom is -0.475 e. The topological polar surface area (TPSA) is 62.2 Å². The Hall–Kier alpha value is -1.34. The summed E-state index contributed by atoms with van der Waals surface area (Å²) in [6.45, 7) is 2.15. The standard InChI is InChI=1S/C8H9ClN2.C2HF3O2/c9-8-2-1-6(5-11-8)7-3-10-4-7;3-2(4,5)1(6)7/h1-2,5,7,10H,3-4H2;(H,6,7). The number of hydrogen-bond acceptors (Lipinski definition) is 3. The van der Waals surface area contributed by atoms with E-state index in [-0.39, 0.29) is 0 Å². The lowest BCUT2D eigenvalue weighted by Crippen LogP contribution is -2.39. The number of carboxylic acid groups (broad SMARTS) is 1. The van der Waals surface area contributed by atoms with E-state index in [0.717, 1.165) is 13.1 Å². The summed E-state index contributed by atoms with van der Waals surface area (Å²) in [5, 5.41) is 10.9. The van der Waals surface area contributed by atoms with Gasteiger partial charge in [-0.2, -0.15) is 13.2 Å². The van der Waals surface area contributed by atoms with Crippen molar-refractivity contribution in [2.24, 2.45) is 0 Å². The van der Waals surface area contributed by atoms with Crippen LogP contribution < -0.4 is 5.32 Å². The van der Waals surface area contributed by atoms with Gasteiger partial charge in [0.2, 0.25) is 0 Å². The van der Waals surface area contributed by atoms with Crippen molar-refractivity contribution in [2.45, 2.75) is 12.1 Å². The van der Waals surface area contributed by atoms with Crippen LogP contribution in [0.3, 0.4) is 0 Å². The van der Waals surface area contributed by atoms with Gasteiger partial charge in [-0.15, -0.1) is 0 Å². The smallest absolute Gasteiger partial charge is 0.475 e. The summed E-state index contributed by atoms with van der Waals surface area (Å²) in [6, 6.07) is 3.88. The van der Waals surface area contributed by atoms with Crippen molar-refractivity contribution >= 4 is 17.6 Å². The lowest BCUT2D eigenvalue weighted by molar-refractivity contribution is -0.192. The van der Waals surface area contributed by atoms with E-state index in [9.17, 15) is 13.2 Å². The highest BCUT2D eigenvalue weighted by Gasteiger charge is 2.38. The number of nitrogens with one attached hydrogen (secondary N) is 1. The van der Waals surface area contributed by atoms with Gasteiger partial charge >= 0.3 is 12.1 Å². The highest BCUT2D eigenvalue weighted by atomic mass is 35.5. The van der Waals surface area contributed by atoms with Gasteiger partial charge < -0.3 is 10.4 Å². The van der Waals surface area contributed by atoms with Crippen LogP contribution in [0, 0.1) is 0 Å². The quantitative estimate of drug-likeness (QED) is 0.774. The van der Waals surface area contributed by atoms with Gasteiger partial charge in [-0.1, -0.05) is 17.7 Å². The van der Waals surface area contributed by atoms with Gasteiger partial charge in [-0.25, -0.2) is 9.78 Å². The molecule has 0 atom stereocenters. The van der Waals surface area contributed by atoms with Gasteiger partial charge in [0.1, 0.15) is 5.15 Å². The van der Waals surface area contributed by atoms with Gasteiger partial charge in [0.15, 0.2) is 0 Å². The fraction of sp³-hybridized carbons (Fsp3) is 0.400. The van der Waals surface area contributed by atoms with Crippen LogP contribution in [-0.2, 0) is 4.79 Å². The van der Waals surface area contributed by atoms with Gasteiger partial charge in [0.25, 0.3) is 0 Å². The highest BCUT2D eigenvalue weighted by molar-refractivity contribution is 6.29. The molecule has 0 radical (unpaired) electrons. The first-order chi connectivity index (χ1) is 8.30. The highest BCUT2D eigenvalue weighted by Crippen LogP contribution is 2.19. The van der Waals surface area contributed by atoms with Crippen molar-refractivity contribution in [3.05, 3.63) is 29.0 Å². The largest absolute Gasteiger partial charge is 0.490 e. The second-order valence-corrected chi connectivity index (χ2v) is 3.96. The maximum atomic E-state index is 10.6. The molecule has 0 aliphatic carbocycles. The number of pyridine rings is 1. The zero-order valence-corrected chi connectivity index (χ0v) is 9.79. The molecule has 0 unspecified atom stereocenters. The van der Waals surface area contributed by atoms with Gasteiger partial charge in [-0.05, 0) is 11.6 Å². The summed E-state index contributed by atoms with van der Waals surface area (Å²) in [5.41, 5.74) is 1.29. The van der Waals surface area contributed by atoms with E-state index in [1.807, 2.05) is 18.3 Å². The molecular formula is C10H10ClF3N2O2. The van der Waals surface area contributed by atoms with E-state index in [1.165, 1.54) is 5.56 Å². The van der Waals surface area contributed by atoms with Crippen LogP contribution in [0.25, 0.3) is 0 Å². The third-order valence-electron chi connectivity index (χ3n) is 2.25. The molecule has 2 rings (SSSR count). The van der Waals surface area contributed by atoms with E-state index in [1.54, 1.807) is 0 Å². The number of nitrogens with zero attached hydrogens (tertiary/aromatic N) is 1. The second kappa shape index (κ2) is 6.01. The summed E-state index contributed by atoms with van der Waals surface area (Å²) < 4.78 is 31.7. The zero-order chi connectivity index (χ0) is 13.8. The molecule has 1 fully saturated rings. The van der Waals surface area contributed by atoms with Crippen LogP contribution in [0.4, 0.5) is 13.2 Å². The van der Waals surface area contributed by atoms with Crippen molar-refractivity contribution in [3.8, 4) is 0 Å². The number of hydrogen-bond donors (Lipinski definition) is 2. The maximum absolute atomic E-state index is 10.6. The Morgan fingerprint density at radius 3 is 2.28 bits per heavy atom. The Labute approximate surface area is 106 Å². The zero-order valence-electron chi connectivity index (χ0n) is 9.04. The molecule has 2 heterocycles. The Morgan fingerprint density at radius 2 is 2.00 bits per heavy atom. The molecule has 8 heteroatoms. The summed E-state index contributed by atoms with van der Waals surface area (Å²) >= 11 is 5.65. The van der Waals surface area contributed by atoms with Crippen molar-refractivity contribution in [1.82, 2.24) is 10.3 Å². The molecule has 0 saturated carbocycles. The van der Waals surface area contributed by atoms with Crippen molar-refractivity contribution in [3.63, 3.8) is 0 Å². The van der Waals surface area contributed by atoms with Crippen LogP contribution >= 0.6 is 11.6 Å². The second-order valence-electron chi connectivity index (χ2n) is 3.57. The summed E-state index contributed by atoms with van der Waals surface area (Å²) in [7, 11) is 0. The first kappa shape index (κ1) is 14.7. The van der Waals surface area contributed by atoms with Crippen molar-refractivity contribution < 1.29 is 23.1 Å². The first-order valence-corrected chi connectivity index (χ1v) is 5.31. The number of carboxylic acids is 1. The van der Waals surface area contributed by atoms with Crippen LogP contribution in [-0.4, -0.2) is 35.3 Å². The van der Waals surface area contributed by atoms with E-state index in [4.69, 9.17) is 21.5 Å². The number of rotatable bonds is 1. The molecule has 4 nitrogen and oxygen atoms in total. The predicted molar refractivity (Wildman–Crippen MR) is 58.5 cm³/mol. The predicted octanol–water partition coefficient (Wildman–Crippen LogP) is 2.06. The molecular weight excluding hydrogens is 273 g/mol. The lowest BCUT2D eigenvalue weighted by atomic mass is 9.96. The summed E-state index contributed by atoms with van der Waals surface area (Å²) in [5.74, 6) is -2.10. The molecule has 1 aromatic heterocycles. The fourth-order valence-corrected chi connectivity index (χ4v) is 1.26. The SMILES string of the molecule is Clc1ccc(C2CNC2)cn1.O=C(O)C(F)(F)F. The minimum absolute atomic E-state index is 0.570. The van der Waals surface area contributed by atoms with Crippen LogP contribution in [0.15, 0.2) is 18.3 Å². The monoisotopic (exact) mass is 282 g/mol. The molecule has 0 amide bonds. The van der Waals surface area contributed by atoms with Gasteiger partial charge in [0.05, 0.1) is 0 Å². The minimum atomic E-state index is -5.08. The average Bonchev–Trinajstić information content (AvgIpc) is 2.18. The number of carbonyl (C=O) groups is 1. The molecule has 1 aromatic rings. The average molecular weight is 283 g/mol. The molecule has 0 spiro atoms. The summed E-state index contributed by atoms with van der Waals surface area (Å²) in [4.78, 5) is 12.9. The Morgan fingerprint density at radius 1 is 1.44 bits per heavy atom. The van der Waals surface area contributed by atoms with E-state index >= 15 is 0 Å². The number of aromatic nitrogens is 1. The van der Waals surface area contributed by atoms with E-state index in [0.29, 0.717) is 11.1 Å². The van der Waals surface area contributed by atoms with Gasteiger partial charge in [-0.3, -0.25) is 0 Å². The van der Waals surface area contributed by atoms with Crippen LogP contribution in [0.5, 0.6) is 0 Å². The molecule has 18 heavy (non-hydrogen) atoms. The van der Waals surface area contributed by atoms with Gasteiger partial charge in [0, 0.05) is 25.2 Å². The van der Waals surface area contributed by atoms with Crippen molar-refractivity contribution in [1.29, 1.82) is 0 Å². The van der Waals surface area contributed by atoms with Crippen LogP contribution in [0.1, 0.15) is 11.5 Å². The molecule has 0 aromatic carbocycles. The molecule has 1 aliphatic heterocycles. The maximum Gasteiger partial charge on any atom is 0.490 e. The van der Waals surface area contributed by atoms with E-state index in [2.05, 4.69) is 10.3 Å². The third-order valence-corrected chi connectivity index (χ3v) is 2.47. The molecule has 100 valence electrons. The molecule has 1 saturated heterocycles. The normalized spacial score (nSPS) is 15.3. The summed E-state index contributed by atoms with van der Waals surface area (Å²) in [6.07, 6.45) is -3.23. The Bertz CT molecular complexity index is 405. The fourth-order valence-electron chi connectivity index (χ4n) is 1.15. The number of aliphatic carboxylic acids is 1. The third kappa shape index (κ3) is 4.50. The number of halogens is 4. The lowest BCUT2D eigenvalue weighted by Gasteiger charge is -2.26. The molecule has 0 bridgehead atoms. The van der Waals surface area contributed by atoms with Crippen LogP contribution in [0.2, 0.25) is 5.15 Å². The Balaban J connectivity index is 0.000000203. The van der Waals surface area contributed by atoms with Crippen molar-refractivity contribution in [2.75, 3.05) is 13.1 Å². The van der Waals surface area contributed by atoms with E-state index < -0.39 is 12.1 Å². The molecule has 1 aliphatic rings. The first-order valence-electron chi connectivity index (χ1n) is 4.93. The number of alkyl halides is 3.